The van der Waals surface area contributed by atoms with Crippen molar-refractivity contribution in [3.63, 3.8) is 0 Å². The molecule has 15 heavy (non-hydrogen) atoms. The van der Waals surface area contributed by atoms with Crippen LogP contribution in [0.25, 0.3) is 0 Å². The average molecular weight is 245 g/mol. The number of nitriles is 1. The first-order valence-electron chi connectivity index (χ1n) is 4.21. The van der Waals surface area contributed by atoms with Gasteiger partial charge >= 0.3 is 0 Å². The Balaban J connectivity index is 3.10. The molecule has 0 aliphatic rings. The molecule has 0 aliphatic heterocycles. The van der Waals surface area contributed by atoms with Gasteiger partial charge in [-0.3, -0.25) is 0 Å². The molecule has 0 radical (unpaired) electrons. The van der Waals surface area contributed by atoms with Crippen LogP contribution in [0.1, 0.15) is 5.56 Å². The van der Waals surface area contributed by atoms with Gasteiger partial charge in [-0.15, -0.1) is 0 Å². The van der Waals surface area contributed by atoms with E-state index in [1.54, 1.807) is 19.2 Å². The van der Waals surface area contributed by atoms with Gasteiger partial charge in [0.1, 0.15) is 5.75 Å². The molecule has 5 heteroatoms. The molecule has 0 spiro atoms. The number of hydrogen-bond donors (Lipinski definition) is 0. The summed E-state index contributed by atoms with van der Waals surface area (Å²) in [5.74, 6) is 0.558. The molecule has 0 saturated heterocycles. The van der Waals surface area contributed by atoms with Crippen LogP contribution in [0.4, 0.5) is 0 Å². The van der Waals surface area contributed by atoms with E-state index in [1.807, 2.05) is 6.19 Å². The SMILES string of the molecule is COc1c(Cl)cc(Cl)cc1CN(C)C#N. The zero-order valence-electron chi connectivity index (χ0n) is 8.42. The Kier molecular flexibility index (Phi) is 4.07. The Bertz CT molecular complexity index is 401. The van der Waals surface area contributed by atoms with Gasteiger partial charge in [0, 0.05) is 17.6 Å². The zero-order valence-corrected chi connectivity index (χ0v) is 9.93. The minimum absolute atomic E-state index is 0.417. The summed E-state index contributed by atoms with van der Waals surface area (Å²) in [6, 6.07) is 3.35. The van der Waals surface area contributed by atoms with Gasteiger partial charge in [0.05, 0.1) is 18.7 Å². The van der Waals surface area contributed by atoms with Gasteiger partial charge in [-0.25, -0.2) is 0 Å². The van der Waals surface area contributed by atoms with Crippen molar-refractivity contribution in [2.24, 2.45) is 0 Å². The van der Waals surface area contributed by atoms with Crippen molar-refractivity contribution in [2.75, 3.05) is 14.2 Å². The molecule has 0 bridgehead atoms. The largest absolute Gasteiger partial charge is 0.495 e. The third-order valence-corrected chi connectivity index (χ3v) is 2.37. The van der Waals surface area contributed by atoms with Gasteiger partial charge in [-0.2, -0.15) is 5.26 Å². The normalized spacial score (nSPS) is 9.53. The van der Waals surface area contributed by atoms with E-state index in [2.05, 4.69) is 0 Å². The predicted octanol–water partition coefficient (Wildman–Crippen LogP) is 2.91. The molecular formula is C10H10Cl2N2O. The number of hydrogen-bond acceptors (Lipinski definition) is 3. The van der Waals surface area contributed by atoms with Crippen molar-refractivity contribution in [2.45, 2.75) is 6.54 Å². The maximum Gasteiger partial charge on any atom is 0.179 e. The van der Waals surface area contributed by atoms with Crippen molar-refractivity contribution in [3.05, 3.63) is 27.7 Å². The zero-order chi connectivity index (χ0) is 11.4. The molecule has 0 atom stereocenters. The van der Waals surface area contributed by atoms with Gasteiger partial charge in [0.2, 0.25) is 0 Å². The van der Waals surface area contributed by atoms with Crippen molar-refractivity contribution in [1.29, 1.82) is 5.26 Å². The predicted molar refractivity (Wildman–Crippen MR) is 60.1 cm³/mol. The highest BCUT2D eigenvalue weighted by Crippen LogP contribution is 2.32. The van der Waals surface area contributed by atoms with Crippen molar-refractivity contribution < 1.29 is 4.74 Å². The van der Waals surface area contributed by atoms with E-state index in [9.17, 15) is 0 Å². The lowest BCUT2D eigenvalue weighted by Gasteiger charge is -2.14. The Morgan fingerprint density at radius 1 is 1.47 bits per heavy atom. The van der Waals surface area contributed by atoms with Crippen LogP contribution in [0.3, 0.4) is 0 Å². The quantitative estimate of drug-likeness (QED) is 0.606. The van der Waals surface area contributed by atoms with Crippen LogP contribution in [0.2, 0.25) is 10.0 Å². The van der Waals surface area contributed by atoms with Crippen LogP contribution in [0, 0.1) is 11.5 Å². The fraction of sp³-hybridized carbons (Fsp3) is 0.300. The topological polar surface area (TPSA) is 36.3 Å². The summed E-state index contributed by atoms with van der Waals surface area (Å²) in [7, 11) is 3.21. The highest BCUT2D eigenvalue weighted by atomic mass is 35.5. The summed E-state index contributed by atoms with van der Waals surface area (Å²) in [5, 5.41) is 9.65. The van der Waals surface area contributed by atoms with E-state index in [4.69, 9.17) is 33.2 Å². The highest BCUT2D eigenvalue weighted by molar-refractivity contribution is 6.35. The molecule has 0 aromatic heterocycles. The first-order chi connectivity index (χ1) is 7.08. The smallest absolute Gasteiger partial charge is 0.179 e. The van der Waals surface area contributed by atoms with Gasteiger partial charge in [-0.05, 0) is 12.1 Å². The van der Waals surface area contributed by atoms with Crippen molar-refractivity contribution in [1.82, 2.24) is 4.90 Å². The molecule has 1 aromatic carbocycles. The second kappa shape index (κ2) is 5.11. The third kappa shape index (κ3) is 2.92. The first-order valence-corrected chi connectivity index (χ1v) is 4.97. The lowest BCUT2D eigenvalue weighted by atomic mass is 10.2. The maximum atomic E-state index is 8.67. The summed E-state index contributed by atoms with van der Waals surface area (Å²) in [4.78, 5) is 1.46. The van der Waals surface area contributed by atoms with E-state index in [1.165, 1.54) is 12.0 Å². The van der Waals surface area contributed by atoms with E-state index in [0.29, 0.717) is 22.3 Å². The van der Waals surface area contributed by atoms with Crippen LogP contribution in [-0.4, -0.2) is 19.1 Å². The molecule has 3 nitrogen and oxygen atoms in total. The molecule has 0 fully saturated rings. The monoisotopic (exact) mass is 244 g/mol. The van der Waals surface area contributed by atoms with Crippen LogP contribution in [0.15, 0.2) is 12.1 Å². The van der Waals surface area contributed by atoms with E-state index >= 15 is 0 Å². The highest BCUT2D eigenvalue weighted by Gasteiger charge is 2.10. The maximum absolute atomic E-state index is 8.67. The molecular weight excluding hydrogens is 235 g/mol. The number of rotatable bonds is 3. The summed E-state index contributed by atoms with van der Waals surface area (Å²) in [5.41, 5.74) is 0.791. The van der Waals surface area contributed by atoms with Gasteiger partial charge in [0.15, 0.2) is 6.19 Å². The Labute approximate surface area is 98.8 Å². The van der Waals surface area contributed by atoms with Gasteiger partial charge in [-0.1, -0.05) is 23.2 Å². The lowest BCUT2D eigenvalue weighted by molar-refractivity contribution is 0.394. The number of benzene rings is 1. The van der Waals surface area contributed by atoms with Crippen molar-refractivity contribution >= 4 is 23.2 Å². The lowest BCUT2D eigenvalue weighted by Crippen LogP contribution is -2.11. The van der Waals surface area contributed by atoms with E-state index < -0.39 is 0 Å². The first kappa shape index (κ1) is 12.0. The van der Waals surface area contributed by atoms with Crippen LogP contribution < -0.4 is 4.74 Å². The fourth-order valence-electron chi connectivity index (χ4n) is 1.25. The number of methoxy groups -OCH3 is 1. The standard InChI is InChI=1S/C10H10Cl2N2O/c1-14(6-13)5-7-3-8(11)4-9(12)10(7)15-2/h3-4H,5H2,1-2H3. The second-order valence-corrected chi connectivity index (χ2v) is 3.88. The average Bonchev–Trinajstić information content (AvgIpc) is 2.17. The number of halogens is 2. The molecule has 0 aliphatic carbocycles. The van der Waals surface area contributed by atoms with Crippen molar-refractivity contribution in [3.8, 4) is 11.9 Å². The Morgan fingerprint density at radius 3 is 2.67 bits per heavy atom. The Hall–Kier alpha value is -1.11. The van der Waals surface area contributed by atoms with Gasteiger partial charge in [0.25, 0.3) is 0 Å². The summed E-state index contributed by atoms with van der Waals surface area (Å²) in [6.07, 6.45) is 2.00. The molecule has 0 heterocycles. The molecule has 0 N–H and O–H groups in total. The second-order valence-electron chi connectivity index (χ2n) is 3.04. The minimum Gasteiger partial charge on any atom is -0.495 e. The van der Waals surface area contributed by atoms with Crippen LogP contribution in [-0.2, 0) is 6.54 Å². The molecule has 0 unspecified atom stereocenters. The summed E-state index contributed by atoms with van der Waals surface area (Å²) < 4.78 is 5.15. The van der Waals surface area contributed by atoms with E-state index in [0.717, 1.165) is 5.56 Å². The summed E-state index contributed by atoms with van der Waals surface area (Å²) in [6.45, 7) is 0.417. The molecule has 0 saturated carbocycles. The van der Waals surface area contributed by atoms with Crippen LogP contribution >= 0.6 is 23.2 Å². The molecule has 0 amide bonds. The molecule has 1 rings (SSSR count). The Morgan fingerprint density at radius 2 is 2.13 bits per heavy atom. The third-order valence-electron chi connectivity index (χ3n) is 1.87. The summed E-state index contributed by atoms with van der Waals surface area (Å²) >= 11 is 11.8. The molecule has 80 valence electrons. The van der Waals surface area contributed by atoms with E-state index in [-0.39, 0.29) is 0 Å². The molecule has 1 aromatic rings. The number of ether oxygens (including phenoxy) is 1. The fourth-order valence-corrected chi connectivity index (χ4v) is 1.86. The van der Waals surface area contributed by atoms with Crippen LogP contribution in [0.5, 0.6) is 5.75 Å². The minimum atomic E-state index is 0.417. The van der Waals surface area contributed by atoms with Gasteiger partial charge < -0.3 is 9.64 Å². The number of nitrogens with zero attached hydrogens (tertiary/aromatic N) is 2.